The SMILES string of the molecule is COc1cc2cc3c4cc(OC)c(OC)cc4ccn3c(=O)c2cc1OC. The Labute approximate surface area is 155 Å². The maximum Gasteiger partial charge on any atom is 0.263 e. The average Bonchev–Trinajstić information content (AvgIpc) is 2.71. The van der Waals surface area contributed by atoms with Crippen LogP contribution >= 0.6 is 0 Å². The topological polar surface area (TPSA) is 58.4 Å². The summed E-state index contributed by atoms with van der Waals surface area (Å²) in [7, 11) is 6.32. The van der Waals surface area contributed by atoms with E-state index < -0.39 is 0 Å². The summed E-state index contributed by atoms with van der Waals surface area (Å²) in [5, 5.41) is 3.18. The molecule has 138 valence electrons. The summed E-state index contributed by atoms with van der Waals surface area (Å²) in [6, 6.07) is 11.2. The van der Waals surface area contributed by atoms with E-state index in [-0.39, 0.29) is 5.56 Å². The summed E-state index contributed by atoms with van der Waals surface area (Å²) in [6.07, 6.45) is 1.77. The lowest BCUT2D eigenvalue weighted by Gasteiger charge is -2.13. The summed E-state index contributed by atoms with van der Waals surface area (Å²) in [4.78, 5) is 13.1. The normalized spacial score (nSPS) is 11.1. The molecule has 2 aromatic carbocycles. The van der Waals surface area contributed by atoms with Gasteiger partial charge in [0.1, 0.15) is 0 Å². The molecule has 4 rings (SSSR count). The molecule has 0 radical (unpaired) electrons. The van der Waals surface area contributed by atoms with Gasteiger partial charge in [-0.3, -0.25) is 9.20 Å². The molecule has 0 aliphatic carbocycles. The molecule has 0 unspecified atom stereocenters. The zero-order valence-corrected chi connectivity index (χ0v) is 15.5. The van der Waals surface area contributed by atoms with Gasteiger partial charge in [-0.2, -0.15) is 0 Å². The van der Waals surface area contributed by atoms with Crippen LogP contribution in [0.1, 0.15) is 0 Å². The number of pyridine rings is 2. The monoisotopic (exact) mass is 365 g/mol. The lowest BCUT2D eigenvalue weighted by atomic mass is 10.1. The zero-order chi connectivity index (χ0) is 19.1. The molecule has 0 saturated heterocycles. The molecule has 2 aromatic heterocycles. The van der Waals surface area contributed by atoms with E-state index in [0.29, 0.717) is 28.4 Å². The fourth-order valence-corrected chi connectivity index (χ4v) is 3.42. The van der Waals surface area contributed by atoms with Crippen molar-refractivity contribution in [3.05, 3.63) is 52.9 Å². The molecule has 6 nitrogen and oxygen atoms in total. The van der Waals surface area contributed by atoms with Crippen molar-refractivity contribution >= 4 is 27.1 Å². The fraction of sp³-hybridized carbons (Fsp3) is 0.190. The molecule has 0 amide bonds. The minimum atomic E-state index is -0.125. The Morgan fingerprint density at radius 3 is 1.78 bits per heavy atom. The predicted molar refractivity (Wildman–Crippen MR) is 105 cm³/mol. The van der Waals surface area contributed by atoms with Crippen LogP contribution in [0.5, 0.6) is 23.0 Å². The largest absolute Gasteiger partial charge is 0.493 e. The molecule has 0 aliphatic rings. The van der Waals surface area contributed by atoms with Gasteiger partial charge in [0.05, 0.1) is 39.3 Å². The second-order valence-electron chi connectivity index (χ2n) is 6.11. The highest BCUT2D eigenvalue weighted by Gasteiger charge is 2.14. The average molecular weight is 365 g/mol. The molecule has 0 atom stereocenters. The Balaban J connectivity index is 2.15. The molecule has 0 saturated carbocycles. The molecule has 0 spiro atoms. The van der Waals surface area contributed by atoms with Crippen LogP contribution in [-0.4, -0.2) is 32.8 Å². The van der Waals surface area contributed by atoms with Gasteiger partial charge in [0.25, 0.3) is 5.56 Å². The number of hydrogen-bond donors (Lipinski definition) is 0. The molecule has 0 aliphatic heterocycles. The summed E-state index contributed by atoms with van der Waals surface area (Å²) < 4.78 is 23.2. The molecule has 0 N–H and O–H groups in total. The van der Waals surface area contributed by atoms with Gasteiger partial charge in [-0.1, -0.05) is 0 Å². The standard InChI is InChI=1S/C21H19NO5/c1-24-17-8-12-5-6-22-16(14(12)10-19(17)26-3)7-13-9-18(25-2)20(27-4)11-15(13)21(22)23/h5-11H,1-4H3. The van der Waals surface area contributed by atoms with Gasteiger partial charge < -0.3 is 18.9 Å². The first kappa shape index (κ1) is 17.0. The van der Waals surface area contributed by atoms with Crippen LogP contribution < -0.4 is 24.5 Å². The minimum Gasteiger partial charge on any atom is -0.493 e. The minimum absolute atomic E-state index is 0.125. The molecular formula is C21H19NO5. The highest BCUT2D eigenvalue weighted by molar-refractivity contribution is 6.01. The third-order valence-electron chi connectivity index (χ3n) is 4.79. The third-order valence-corrected chi connectivity index (χ3v) is 4.79. The van der Waals surface area contributed by atoms with E-state index in [9.17, 15) is 4.79 Å². The van der Waals surface area contributed by atoms with Gasteiger partial charge in [-0.25, -0.2) is 0 Å². The molecule has 2 heterocycles. The first-order valence-electron chi connectivity index (χ1n) is 8.37. The van der Waals surface area contributed by atoms with E-state index in [4.69, 9.17) is 18.9 Å². The van der Waals surface area contributed by atoms with Crippen LogP contribution in [0.4, 0.5) is 0 Å². The van der Waals surface area contributed by atoms with Gasteiger partial charge in [0.2, 0.25) is 0 Å². The second-order valence-corrected chi connectivity index (χ2v) is 6.11. The van der Waals surface area contributed by atoms with Gasteiger partial charge in [0, 0.05) is 11.6 Å². The van der Waals surface area contributed by atoms with Crippen LogP contribution in [0.25, 0.3) is 27.1 Å². The van der Waals surface area contributed by atoms with Crippen molar-refractivity contribution in [3.8, 4) is 23.0 Å². The maximum absolute atomic E-state index is 13.1. The van der Waals surface area contributed by atoms with Gasteiger partial charge in [0.15, 0.2) is 23.0 Å². The Morgan fingerprint density at radius 2 is 1.19 bits per heavy atom. The number of rotatable bonds is 4. The second kappa shape index (κ2) is 6.39. The number of aromatic nitrogens is 1. The first-order chi connectivity index (χ1) is 13.1. The van der Waals surface area contributed by atoms with Crippen molar-refractivity contribution in [1.82, 2.24) is 4.40 Å². The summed E-state index contributed by atoms with van der Waals surface area (Å²) in [6.45, 7) is 0. The van der Waals surface area contributed by atoms with Gasteiger partial charge in [-0.05, 0) is 47.2 Å². The number of nitrogens with zero attached hydrogens (tertiary/aromatic N) is 1. The zero-order valence-electron chi connectivity index (χ0n) is 15.5. The number of methoxy groups -OCH3 is 4. The van der Waals surface area contributed by atoms with Gasteiger partial charge in [-0.15, -0.1) is 0 Å². The van der Waals surface area contributed by atoms with Crippen LogP contribution in [0, 0.1) is 0 Å². The van der Waals surface area contributed by atoms with Crippen LogP contribution in [0.2, 0.25) is 0 Å². The van der Waals surface area contributed by atoms with E-state index in [1.54, 1.807) is 45.1 Å². The molecular weight excluding hydrogens is 346 g/mol. The Morgan fingerprint density at radius 1 is 0.667 bits per heavy atom. The number of ether oxygens (including phenoxy) is 4. The smallest absolute Gasteiger partial charge is 0.263 e. The predicted octanol–water partition coefficient (Wildman–Crippen LogP) is 3.64. The molecule has 0 bridgehead atoms. The summed E-state index contributed by atoms with van der Waals surface area (Å²) >= 11 is 0. The van der Waals surface area contributed by atoms with E-state index >= 15 is 0 Å². The quantitative estimate of drug-likeness (QED) is 0.408. The third kappa shape index (κ3) is 2.52. The van der Waals surface area contributed by atoms with Crippen molar-refractivity contribution in [3.63, 3.8) is 0 Å². The summed E-state index contributed by atoms with van der Waals surface area (Å²) in [5.74, 6) is 2.35. The molecule has 4 aromatic rings. The Bertz CT molecular complexity index is 1240. The van der Waals surface area contributed by atoms with Crippen molar-refractivity contribution in [2.24, 2.45) is 0 Å². The van der Waals surface area contributed by atoms with E-state index in [2.05, 4.69) is 0 Å². The lowest BCUT2D eigenvalue weighted by molar-refractivity contribution is 0.356. The van der Waals surface area contributed by atoms with Crippen LogP contribution in [0.15, 0.2) is 47.4 Å². The highest BCUT2D eigenvalue weighted by atomic mass is 16.5. The highest BCUT2D eigenvalue weighted by Crippen LogP contribution is 2.35. The Hall–Kier alpha value is -3.41. The molecule has 6 heteroatoms. The number of hydrogen-bond acceptors (Lipinski definition) is 5. The van der Waals surface area contributed by atoms with Gasteiger partial charge >= 0.3 is 0 Å². The van der Waals surface area contributed by atoms with E-state index in [1.165, 1.54) is 0 Å². The lowest BCUT2D eigenvalue weighted by Crippen LogP contribution is -2.13. The molecule has 0 fully saturated rings. The number of benzene rings is 2. The summed E-state index contributed by atoms with van der Waals surface area (Å²) in [5.41, 5.74) is 0.651. The van der Waals surface area contributed by atoms with Crippen molar-refractivity contribution in [2.45, 2.75) is 0 Å². The van der Waals surface area contributed by atoms with Crippen LogP contribution in [-0.2, 0) is 0 Å². The van der Waals surface area contributed by atoms with E-state index in [1.807, 2.05) is 30.3 Å². The Kier molecular flexibility index (Phi) is 4.03. The first-order valence-corrected chi connectivity index (χ1v) is 8.37. The molecule has 27 heavy (non-hydrogen) atoms. The van der Waals surface area contributed by atoms with Crippen LogP contribution in [0.3, 0.4) is 0 Å². The van der Waals surface area contributed by atoms with Crippen molar-refractivity contribution in [1.29, 1.82) is 0 Å². The number of fused-ring (bicyclic) bond motifs is 4. The fourth-order valence-electron chi connectivity index (χ4n) is 3.42. The van der Waals surface area contributed by atoms with E-state index in [0.717, 1.165) is 21.7 Å². The van der Waals surface area contributed by atoms with Crippen molar-refractivity contribution < 1.29 is 18.9 Å². The maximum atomic E-state index is 13.1. The van der Waals surface area contributed by atoms with Crippen molar-refractivity contribution in [2.75, 3.05) is 28.4 Å².